The van der Waals surface area contributed by atoms with Gasteiger partial charge in [-0.1, -0.05) is 45.1 Å². The molecule has 49 heavy (non-hydrogen) atoms. The van der Waals surface area contributed by atoms with Crippen LogP contribution in [0.5, 0.6) is 11.5 Å². The van der Waals surface area contributed by atoms with Crippen molar-refractivity contribution in [1.29, 1.82) is 0 Å². The molecule has 2 aliphatic rings. The van der Waals surface area contributed by atoms with Crippen molar-refractivity contribution >= 4 is 0 Å². The maximum absolute atomic E-state index is 10.7. The zero-order chi connectivity index (χ0) is 34.6. The molecule has 272 valence electrons. The number of aromatic amines is 1. The molecule has 8 N–H and O–H groups in total. The fraction of sp³-hybridized carbons (Fsp3) is 0.650. The van der Waals surface area contributed by atoms with E-state index in [4.69, 9.17) is 14.9 Å². The average Bonchev–Trinajstić information content (AvgIpc) is 3.82. The van der Waals surface area contributed by atoms with E-state index in [2.05, 4.69) is 28.6 Å². The molecule has 2 aromatic heterocycles. The number of likely N-dealkylation sites (N-methyl/N-ethyl adjacent to an activating group) is 1. The normalized spacial score (nSPS) is 20.1. The quantitative estimate of drug-likeness (QED) is 0.0660. The van der Waals surface area contributed by atoms with Crippen LogP contribution < -0.4 is 21.1 Å². The number of phenolic OH excluding ortho intramolecular Hbond substituents is 1. The van der Waals surface area contributed by atoms with Gasteiger partial charge in [0.25, 0.3) is 0 Å². The number of hydrogen-bond acceptors (Lipinski definition) is 8. The highest BCUT2D eigenvalue weighted by Crippen LogP contribution is 2.47. The summed E-state index contributed by atoms with van der Waals surface area (Å²) in [6, 6.07) is 9.88. The Morgan fingerprint density at radius 3 is 2.67 bits per heavy atom. The Hall–Kier alpha value is -2.82. The molecule has 0 spiro atoms. The first-order valence-electron chi connectivity index (χ1n) is 19.1. The number of aromatic hydroxyl groups is 1. The smallest absolute Gasteiger partial charge is 0.161 e. The number of furan rings is 1. The summed E-state index contributed by atoms with van der Waals surface area (Å²) >= 11 is 0. The van der Waals surface area contributed by atoms with Crippen LogP contribution in [-0.2, 0) is 32.3 Å². The summed E-state index contributed by atoms with van der Waals surface area (Å²) in [7, 11) is 0. The van der Waals surface area contributed by atoms with Crippen LogP contribution in [0.25, 0.3) is 0 Å². The Bertz CT molecular complexity index is 1420. The van der Waals surface area contributed by atoms with Crippen LogP contribution >= 0.6 is 0 Å². The number of hydrogen-bond donors (Lipinski definition) is 7. The number of unbranched alkanes of at least 4 members (excludes halogenated alkanes) is 4. The monoisotopic (exact) mass is 678 g/mol. The number of benzene rings is 1. The number of aryl methyl sites for hydroxylation is 4. The van der Waals surface area contributed by atoms with E-state index in [1.54, 1.807) is 6.07 Å². The summed E-state index contributed by atoms with van der Waals surface area (Å²) in [6.07, 6.45) is 13.7. The van der Waals surface area contributed by atoms with Crippen LogP contribution in [0, 0.1) is 11.8 Å². The minimum Gasteiger partial charge on any atom is -0.504 e. The number of aliphatic hydroxyl groups is 2. The molecule has 9 heteroatoms. The Morgan fingerprint density at radius 1 is 1.04 bits per heavy atom. The highest BCUT2D eigenvalue weighted by molar-refractivity contribution is 5.42. The van der Waals surface area contributed by atoms with Crippen LogP contribution in [0.15, 0.2) is 34.7 Å². The standard InChI is InChI=1S/C40H62N4O5/c1-3-43-37(36-22-33-34(24-42-23-27(2)46)32-11-9-10-29(32)15-17-35(33)44-36)26-48-40-20-28(14-18-38(40)47)13-16-31-21-30(25-45)39(49-31)12-7-5-4-6-8-19-41/h14,18,20-22,27,29,32,34,37,42-47H,3-13,15-17,19,23-26,41H2,1-2H3. The minimum atomic E-state index is -0.356. The van der Waals surface area contributed by atoms with E-state index in [-0.39, 0.29) is 24.5 Å². The number of H-pyrrole nitrogens is 1. The van der Waals surface area contributed by atoms with Crippen molar-refractivity contribution < 1.29 is 24.5 Å². The molecule has 0 bridgehead atoms. The molecule has 0 amide bonds. The molecule has 3 aromatic rings. The lowest BCUT2D eigenvalue weighted by Gasteiger charge is -2.27. The Morgan fingerprint density at radius 2 is 1.88 bits per heavy atom. The molecule has 2 heterocycles. The van der Waals surface area contributed by atoms with Gasteiger partial charge in [0.2, 0.25) is 0 Å². The van der Waals surface area contributed by atoms with Crippen molar-refractivity contribution in [2.45, 2.75) is 122 Å². The van der Waals surface area contributed by atoms with Crippen molar-refractivity contribution in [1.82, 2.24) is 15.6 Å². The lowest BCUT2D eigenvalue weighted by Crippen LogP contribution is -2.32. The van der Waals surface area contributed by atoms with Gasteiger partial charge in [0.15, 0.2) is 11.5 Å². The summed E-state index contributed by atoms with van der Waals surface area (Å²) in [5.74, 6) is 4.27. The van der Waals surface area contributed by atoms with E-state index in [1.165, 1.54) is 49.8 Å². The second-order valence-corrected chi connectivity index (χ2v) is 14.5. The molecule has 5 atom stereocenters. The molecule has 2 aliphatic carbocycles. The number of rotatable bonds is 21. The van der Waals surface area contributed by atoms with Crippen LogP contribution in [0.2, 0.25) is 0 Å². The number of aromatic nitrogens is 1. The van der Waals surface area contributed by atoms with Gasteiger partial charge in [0.05, 0.1) is 18.8 Å². The molecule has 0 saturated heterocycles. The Balaban J connectivity index is 1.21. The van der Waals surface area contributed by atoms with Crippen molar-refractivity contribution in [2.24, 2.45) is 17.6 Å². The first kappa shape index (κ1) is 37.4. The molecule has 5 unspecified atom stereocenters. The van der Waals surface area contributed by atoms with Crippen molar-refractivity contribution in [2.75, 3.05) is 32.8 Å². The summed E-state index contributed by atoms with van der Waals surface area (Å²) in [5, 5.41) is 37.7. The highest BCUT2D eigenvalue weighted by atomic mass is 16.5. The lowest BCUT2D eigenvalue weighted by molar-refractivity contribution is 0.188. The Kier molecular flexibility index (Phi) is 14.5. The molecule has 1 fully saturated rings. The predicted octanol–water partition coefficient (Wildman–Crippen LogP) is 6.19. The van der Waals surface area contributed by atoms with E-state index in [9.17, 15) is 15.3 Å². The number of phenols is 1. The highest BCUT2D eigenvalue weighted by Gasteiger charge is 2.38. The second kappa shape index (κ2) is 19.0. The largest absolute Gasteiger partial charge is 0.504 e. The van der Waals surface area contributed by atoms with E-state index in [0.29, 0.717) is 37.2 Å². The lowest BCUT2D eigenvalue weighted by atomic mass is 9.80. The van der Waals surface area contributed by atoms with Gasteiger partial charge in [0, 0.05) is 48.8 Å². The van der Waals surface area contributed by atoms with Crippen molar-refractivity contribution in [3.63, 3.8) is 0 Å². The summed E-state index contributed by atoms with van der Waals surface area (Å²) in [6.45, 7) is 7.36. The van der Waals surface area contributed by atoms with Gasteiger partial charge in [-0.05, 0) is 106 Å². The second-order valence-electron chi connectivity index (χ2n) is 14.5. The van der Waals surface area contributed by atoms with Gasteiger partial charge in [-0.15, -0.1) is 0 Å². The third-order valence-corrected chi connectivity index (χ3v) is 10.8. The number of nitrogens with two attached hydrogens (primary N) is 1. The number of fused-ring (bicyclic) bond motifs is 2. The first-order valence-corrected chi connectivity index (χ1v) is 19.1. The molecule has 0 radical (unpaired) electrons. The van der Waals surface area contributed by atoms with Crippen molar-refractivity contribution in [3.8, 4) is 11.5 Å². The zero-order valence-corrected chi connectivity index (χ0v) is 29.9. The fourth-order valence-electron chi connectivity index (χ4n) is 8.22. The topological polar surface area (TPSA) is 149 Å². The van der Waals surface area contributed by atoms with Crippen LogP contribution in [0.4, 0.5) is 0 Å². The van der Waals surface area contributed by atoms with Gasteiger partial charge in [-0.25, -0.2) is 0 Å². The summed E-state index contributed by atoms with van der Waals surface area (Å²) in [4.78, 5) is 3.80. The Labute approximate surface area is 293 Å². The van der Waals surface area contributed by atoms with Crippen LogP contribution in [-0.4, -0.2) is 59.2 Å². The van der Waals surface area contributed by atoms with E-state index in [1.807, 2.05) is 25.1 Å². The van der Waals surface area contributed by atoms with E-state index >= 15 is 0 Å². The number of ether oxygens (including phenoxy) is 1. The predicted molar refractivity (Wildman–Crippen MR) is 195 cm³/mol. The molecular weight excluding hydrogens is 616 g/mol. The molecule has 5 rings (SSSR count). The van der Waals surface area contributed by atoms with Gasteiger partial charge in [-0.2, -0.15) is 0 Å². The summed E-state index contributed by atoms with van der Waals surface area (Å²) in [5.41, 5.74) is 11.4. The molecular formula is C40H62N4O5. The molecule has 0 aliphatic heterocycles. The third kappa shape index (κ3) is 10.4. The van der Waals surface area contributed by atoms with Crippen LogP contribution in [0.3, 0.4) is 0 Å². The zero-order valence-electron chi connectivity index (χ0n) is 29.9. The molecule has 1 aromatic carbocycles. The van der Waals surface area contributed by atoms with E-state index < -0.39 is 0 Å². The average molecular weight is 679 g/mol. The van der Waals surface area contributed by atoms with Crippen LogP contribution in [0.1, 0.15) is 123 Å². The molecule has 1 saturated carbocycles. The summed E-state index contributed by atoms with van der Waals surface area (Å²) < 4.78 is 12.5. The maximum atomic E-state index is 10.7. The van der Waals surface area contributed by atoms with Crippen molar-refractivity contribution in [3.05, 3.63) is 69.9 Å². The maximum Gasteiger partial charge on any atom is 0.161 e. The molecule has 9 nitrogen and oxygen atoms in total. The SMILES string of the molecule is CCNC(COc1cc(CCc2cc(CO)c(CCCCCCCN)o2)ccc1O)c1cc2c([nH]1)CCC1CCCC1C2CNCC(C)O. The van der Waals surface area contributed by atoms with E-state index in [0.717, 1.165) is 92.4 Å². The third-order valence-electron chi connectivity index (χ3n) is 10.8. The number of aliphatic hydroxyl groups excluding tert-OH is 2. The van der Waals surface area contributed by atoms with Gasteiger partial charge in [-0.3, -0.25) is 0 Å². The fourth-order valence-corrected chi connectivity index (χ4v) is 8.22. The van der Waals surface area contributed by atoms with Gasteiger partial charge < -0.3 is 45.8 Å². The first-order chi connectivity index (χ1) is 23.9. The van der Waals surface area contributed by atoms with Gasteiger partial charge >= 0.3 is 0 Å². The van der Waals surface area contributed by atoms with Gasteiger partial charge in [0.1, 0.15) is 18.1 Å². The number of nitrogens with one attached hydrogen (secondary N) is 3. The minimum absolute atomic E-state index is 0.0123.